The predicted octanol–water partition coefficient (Wildman–Crippen LogP) is -0.296. The molecule has 4 aromatic rings. The second kappa shape index (κ2) is 30.8. The molecule has 7 atom stereocenters. The number of likely N-dealkylation sites (tertiary alicyclic amines) is 1. The van der Waals surface area contributed by atoms with Gasteiger partial charge in [-0.3, -0.25) is 39.0 Å². The second-order valence-electron chi connectivity index (χ2n) is 19.1. The Kier molecular flexibility index (Phi) is 23.8. The first-order chi connectivity index (χ1) is 37.4. The van der Waals surface area contributed by atoms with Crippen LogP contribution in [0, 0.1) is 5.41 Å². The molecule has 17 N–H and O–H groups in total. The van der Waals surface area contributed by atoms with Crippen LogP contribution in [0.15, 0.2) is 109 Å². The lowest BCUT2D eigenvalue weighted by molar-refractivity contribution is -0.142. The van der Waals surface area contributed by atoms with Gasteiger partial charge in [0.1, 0.15) is 47.8 Å². The van der Waals surface area contributed by atoms with Crippen molar-refractivity contribution < 1.29 is 53.7 Å². The third-order valence-corrected chi connectivity index (χ3v) is 13.0. The Morgan fingerprint density at radius 1 is 0.577 bits per heavy atom. The van der Waals surface area contributed by atoms with Crippen LogP contribution in [0.2, 0.25) is 0 Å². The Balaban J connectivity index is 1.33. The highest BCUT2D eigenvalue weighted by Gasteiger charge is 2.40. The molecule has 418 valence electrons. The number of nitrogens with two attached hydrogens (primary N) is 3. The number of nitrogens with zero attached hydrogens (tertiary/aromatic N) is 1. The summed E-state index contributed by atoms with van der Waals surface area (Å²) >= 11 is 0. The molecule has 23 heteroatoms. The van der Waals surface area contributed by atoms with Crippen LogP contribution in [-0.4, -0.2) is 142 Å². The monoisotopic (exact) mass is 1080 g/mol. The van der Waals surface area contributed by atoms with Crippen LogP contribution in [0.1, 0.15) is 67.2 Å². The van der Waals surface area contributed by atoms with Crippen LogP contribution in [0.25, 0.3) is 0 Å². The van der Waals surface area contributed by atoms with Gasteiger partial charge in [-0.15, -0.1) is 0 Å². The number of aromatic hydroxyl groups is 2. The molecule has 0 aliphatic carbocycles. The number of hydrogen-bond donors (Lipinski definition) is 14. The van der Waals surface area contributed by atoms with E-state index in [1.807, 2.05) is 30.3 Å². The first kappa shape index (κ1) is 60.3. The van der Waals surface area contributed by atoms with E-state index in [4.69, 9.17) is 22.6 Å². The highest BCUT2D eigenvalue weighted by Crippen LogP contribution is 2.22. The average Bonchev–Trinajstić information content (AvgIpc) is 3.92. The molecule has 4 aromatic carbocycles. The van der Waals surface area contributed by atoms with Crippen molar-refractivity contribution in [3.8, 4) is 11.5 Å². The van der Waals surface area contributed by atoms with Gasteiger partial charge in [0.25, 0.3) is 0 Å². The largest absolute Gasteiger partial charge is 0.508 e. The molecule has 0 bridgehead atoms. The lowest BCUT2D eigenvalue weighted by Crippen LogP contribution is -2.60. The van der Waals surface area contributed by atoms with Gasteiger partial charge < -0.3 is 74.6 Å². The number of benzene rings is 4. The van der Waals surface area contributed by atoms with Gasteiger partial charge in [0.2, 0.25) is 41.4 Å². The number of carboxylic acid groups (broad SMARTS) is 1. The van der Waals surface area contributed by atoms with Gasteiger partial charge in [-0.25, -0.2) is 4.79 Å². The van der Waals surface area contributed by atoms with E-state index in [0.717, 1.165) is 5.56 Å². The normalized spacial score (nSPS) is 15.2. The molecule has 5 rings (SSSR count). The molecule has 1 saturated heterocycles. The summed E-state index contributed by atoms with van der Waals surface area (Å²) < 4.78 is 0. The topological polar surface area (TPSA) is 387 Å². The van der Waals surface area contributed by atoms with Crippen molar-refractivity contribution in [2.75, 3.05) is 26.2 Å². The number of phenolic OH excluding ortho intramolecular Hbond substituents is 2. The summed E-state index contributed by atoms with van der Waals surface area (Å²) in [5.74, 6) is -6.71. The molecule has 7 amide bonds. The van der Waals surface area contributed by atoms with Crippen molar-refractivity contribution >= 4 is 53.3 Å². The minimum atomic E-state index is -1.36. The summed E-state index contributed by atoms with van der Waals surface area (Å²) in [6.07, 6.45) is 1.75. The summed E-state index contributed by atoms with van der Waals surface area (Å²) in [7, 11) is 0. The van der Waals surface area contributed by atoms with Crippen molar-refractivity contribution in [1.29, 1.82) is 5.41 Å². The van der Waals surface area contributed by atoms with Crippen molar-refractivity contribution in [3.63, 3.8) is 0 Å². The molecule has 78 heavy (non-hydrogen) atoms. The van der Waals surface area contributed by atoms with Gasteiger partial charge in [-0.2, -0.15) is 0 Å². The maximum absolute atomic E-state index is 14.9. The Bertz CT molecular complexity index is 2650. The van der Waals surface area contributed by atoms with E-state index >= 15 is 0 Å². The number of nitrogens with one attached hydrogen (secondary N) is 8. The molecule has 1 heterocycles. The number of aliphatic carboxylic acids is 1. The zero-order valence-electron chi connectivity index (χ0n) is 43.3. The number of hydrogen-bond acceptors (Lipinski definition) is 13. The van der Waals surface area contributed by atoms with Gasteiger partial charge in [0, 0.05) is 32.4 Å². The van der Waals surface area contributed by atoms with Crippen molar-refractivity contribution in [3.05, 3.63) is 131 Å². The highest BCUT2D eigenvalue weighted by molar-refractivity contribution is 5.97. The number of carbonyl (C=O) groups excluding carboxylic acids is 7. The molecule has 0 radical (unpaired) electrons. The quantitative estimate of drug-likeness (QED) is 0.0181. The van der Waals surface area contributed by atoms with E-state index in [1.165, 1.54) is 41.3 Å². The lowest BCUT2D eigenvalue weighted by atomic mass is 10.0. The van der Waals surface area contributed by atoms with Crippen molar-refractivity contribution in [2.45, 2.75) is 113 Å². The molecular weight excluding hydrogens is 1000 g/mol. The summed E-state index contributed by atoms with van der Waals surface area (Å²) in [5, 5.41) is 55.3. The van der Waals surface area contributed by atoms with Crippen LogP contribution in [-0.2, 0) is 64.0 Å². The van der Waals surface area contributed by atoms with E-state index in [2.05, 4.69) is 37.2 Å². The molecule has 1 aliphatic rings. The van der Waals surface area contributed by atoms with E-state index in [1.54, 1.807) is 42.5 Å². The molecule has 0 aromatic heterocycles. The van der Waals surface area contributed by atoms with Crippen LogP contribution < -0.4 is 54.4 Å². The maximum Gasteiger partial charge on any atom is 0.326 e. The zero-order chi connectivity index (χ0) is 56.6. The molecule has 0 saturated carbocycles. The third-order valence-electron chi connectivity index (χ3n) is 13.0. The summed E-state index contributed by atoms with van der Waals surface area (Å²) in [6, 6.07) is 21.4. The number of amides is 7. The van der Waals surface area contributed by atoms with Gasteiger partial charge in [0.05, 0.1) is 12.6 Å². The zero-order valence-corrected chi connectivity index (χ0v) is 43.3. The first-order valence-corrected chi connectivity index (χ1v) is 25.9. The number of phenols is 2. The van der Waals surface area contributed by atoms with E-state index < -0.39 is 96.2 Å². The van der Waals surface area contributed by atoms with E-state index in [-0.39, 0.29) is 88.5 Å². The van der Waals surface area contributed by atoms with Crippen LogP contribution in [0.3, 0.4) is 0 Å². The van der Waals surface area contributed by atoms with E-state index in [9.17, 15) is 53.7 Å². The van der Waals surface area contributed by atoms with Gasteiger partial charge in [0.15, 0.2) is 5.96 Å². The molecular formula is C55H72N12O11. The molecule has 0 unspecified atom stereocenters. The smallest absolute Gasteiger partial charge is 0.326 e. The Morgan fingerprint density at radius 2 is 1.08 bits per heavy atom. The number of rotatable bonds is 30. The fourth-order valence-corrected chi connectivity index (χ4v) is 8.84. The minimum Gasteiger partial charge on any atom is -0.508 e. The Morgan fingerprint density at radius 3 is 1.64 bits per heavy atom. The summed E-state index contributed by atoms with van der Waals surface area (Å²) in [5.41, 5.74) is 20.0. The fourth-order valence-electron chi connectivity index (χ4n) is 8.84. The predicted molar refractivity (Wildman–Crippen MR) is 289 cm³/mol. The van der Waals surface area contributed by atoms with Crippen molar-refractivity contribution in [1.82, 2.24) is 42.1 Å². The number of carboxylic acids is 1. The standard InChI is InChI=1S/C55H72N12O11/c56-26-8-7-15-41(50(73)65-43(30-36-18-22-38(68)23-19-36)49(72)61-33-47(70)62-42(54(77)78)16-9-27-60-55(58)59)63-52(75)46-17-10-28-67(46)53(76)45(32-35-13-5-2-6-14-35)66-51(74)44(31-37-20-24-39(69)25-21-37)64-48(71)40(57)29-34-11-3-1-4-12-34/h1-6,11-14,18-25,40-46,68-69H,7-10,15-17,26-33,56-57H2,(H,61,72)(H,62,70)(H,63,75)(H,64,71)(H,65,73)(H,66,74)(H,77,78)(H4,58,59,60)/t40-,41-,42-,43-,44-,45-,46-/m0/s1. The Hall–Kier alpha value is -8.57. The second-order valence-corrected chi connectivity index (χ2v) is 19.1. The molecule has 1 aliphatic heterocycles. The maximum atomic E-state index is 14.9. The number of carbonyl (C=O) groups is 8. The van der Waals surface area contributed by atoms with Gasteiger partial charge >= 0.3 is 5.97 Å². The molecule has 23 nitrogen and oxygen atoms in total. The third kappa shape index (κ3) is 19.9. The molecule has 0 spiro atoms. The summed E-state index contributed by atoms with van der Waals surface area (Å²) in [6.45, 7) is -0.0869. The molecule has 1 fully saturated rings. The van der Waals surface area contributed by atoms with Gasteiger partial charge in [-0.1, -0.05) is 84.9 Å². The van der Waals surface area contributed by atoms with Crippen LogP contribution >= 0.6 is 0 Å². The van der Waals surface area contributed by atoms with Gasteiger partial charge in [-0.05, 0) is 104 Å². The Labute approximate surface area is 452 Å². The van der Waals surface area contributed by atoms with Crippen LogP contribution in [0.5, 0.6) is 11.5 Å². The fraction of sp³-hybridized carbons (Fsp3) is 0.400. The highest BCUT2D eigenvalue weighted by atomic mass is 16.4. The average molecular weight is 1080 g/mol. The van der Waals surface area contributed by atoms with Crippen molar-refractivity contribution in [2.24, 2.45) is 17.2 Å². The lowest BCUT2D eigenvalue weighted by Gasteiger charge is -2.31. The first-order valence-electron chi connectivity index (χ1n) is 25.9. The number of guanidine groups is 1. The van der Waals surface area contributed by atoms with Crippen LogP contribution in [0.4, 0.5) is 0 Å². The minimum absolute atomic E-state index is 0.0000129. The number of unbranched alkanes of at least 4 members (excludes halogenated alkanes) is 1. The summed E-state index contributed by atoms with van der Waals surface area (Å²) in [4.78, 5) is 112. The SMILES string of the molecule is N=C(N)NCCC[C@H](NC(=O)CNC(=O)[C@H](Cc1ccc(O)cc1)NC(=O)[C@H](CCCCN)NC(=O)[C@@H]1CCCN1C(=O)[C@H](Cc1ccccc1)NC(=O)[C@H](Cc1ccc(O)cc1)NC(=O)[C@@H](N)Cc1ccccc1)C(=O)O. The van der Waals surface area contributed by atoms with E-state index in [0.29, 0.717) is 36.0 Å².